The lowest BCUT2D eigenvalue weighted by Gasteiger charge is -2.15. The number of carboxylic acids is 1. The molecule has 3 heteroatoms. The van der Waals surface area contributed by atoms with Gasteiger partial charge in [0.05, 0.1) is 5.56 Å². The van der Waals surface area contributed by atoms with Gasteiger partial charge in [-0.25, -0.2) is 9.18 Å². The van der Waals surface area contributed by atoms with Crippen molar-refractivity contribution in [3.05, 3.63) is 70.3 Å². The Labute approximate surface area is 134 Å². The molecule has 0 heterocycles. The molecule has 2 unspecified atom stereocenters. The number of benzene rings is 2. The Bertz CT molecular complexity index is 805. The van der Waals surface area contributed by atoms with E-state index in [1.807, 2.05) is 6.07 Å². The third kappa shape index (κ3) is 2.46. The van der Waals surface area contributed by atoms with Crippen molar-refractivity contribution in [1.29, 1.82) is 0 Å². The van der Waals surface area contributed by atoms with Crippen molar-refractivity contribution in [2.75, 3.05) is 0 Å². The second kappa shape index (κ2) is 5.34. The van der Waals surface area contributed by atoms with Crippen LogP contribution in [-0.4, -0.2) is 11.1 Å². The Balaban J connectivity index is 1.62. The van der Waals surface area contributed by atoms with Crippen molar-refractivity contribution < 1.29 is 14.3 Å². The molecule has 2 aromatic rings. The fraction of sp³-hybridized carbons (Fsp3) is 0.250. The second-order valence-corrected chi connectivity index (χ2v) is 6.47. The monoisotopic (exact) mass is 308 g/mol. The maximum absolute atomic E-state index is 14.4. The Morgan fingerprint density at radius 2 is 1.65 bits per heavy atom. The maximum atomic E-state index is 14.4. The zero-order chi connectivity index (χ0) is 16.0. The van der Waals surface area contributed by atoms with Gasteiger partial charge in [0.1, 0.15) is 5.83 Å². The highest BCUT2D eigenvalue weighted by atomic mass is 19.1. The molecular formula is C20H17FO2. The van der Waals surface area contributed by atoms with Gasteiger partial charge >= 0.3 is 5.97 Å². The summed E-state index contributed by atoms with van der Waals surface area (Å²) in [6.07, 6.45) is 5.32. The minimum absolute atomic E-state index is 0.162. The third-order valence-electron chi connectivity index (χ3n) is 5.12. The molecule has 2 atom stereocenters. The lowest BCUT2D eigenvalue weighted by Crippen LogP contribution is -1.97. The highest BCUT2D eigenvalue weighted by Gasteiger charge is 2.36. The van der Waals surface area contributed by atoms with Crippen LogP contribution in [0.3, 0.4) is 0 Å². The quantitative estimate of drug-likeness (QED) is 0.790. The minimum Gasteiger partial charge on any atom is -0.478 e. The van der Waals surface area contributed by atoms with Gasteiger partial charge in [0.15, 0.2) is 0 Å². The number of carbonyl (C=O) groups is 1. The first-order chi connectivity index (χ1) is 11.1. The predicted molar refractivity (Wildman–Crippen MR) is 88.2 cm³/mol. The number of aromatic carboxylic acids is 1. The summed E-state index contributed by atoms with van der Waals surface area (Å²) in [6.45, 7) is 0. The number of carboxylic acid groups (broad SMARTS) is 1. The van der Waals surface area contributed by atoms with Crippen LogP contribution >= 0.6 is 0 Å². The normalized spacial score (nSPS) is 22.2. The van der Waals surface area contributed by atoms with Gasteiger partial charge in [-0.1, -0.05) is 30.3 Å². The standard InChI is InChI=1S/C20H17FO2/c21-19(13-2-4-14(5-3-13)20(22)23)10-12-1-8-17-15-6-7-16(11-15)18(17)9-12/h1-5,8-10,15-16H,6-7,11H2,(H,22,23)/b19-10+. The van der Waals surface area contributed by atoms with Crippen molar-refractivity contribution in [3.8, 4) is 0 Å². The summed E-state index contributed by atoms with van der Waals surface area (Å²) in [7, 11) is 0. The highest BCUT2D eigenvalue weighted by molar-refractivity contribution is 5.88. The molecule has 0 spiro atoms. The number of hydrogen-bond donors (Lipinski definition) is 1. The number of fused-ring (bicyclic) bond motifs is 5. The van der Waals surface area contributed by atoms with Crippen LogP contribution in [0.1, 0.15) is 63.7 Å². The van der Waals surface area contributed by atoms with Gasteiger partial charge in [-0.05, 0) is 66.0 Å². The van der Waals surface area contributed by atoms with E-state index in [1.165, 1.54) is 60.7 Å². The summed E-state index contributed by atoms with van der Waals surface area (Å²) in [6, 6.07) is 12.1. The van der Waals surface area contributed by atoms with Gasteiger partial charge in [-0.3, -0.25) is 0 Å². The minimum atomic E-state index is -1.00. The molecule has 2 aliphatic rings. The van der Waals surface area contributed by atoms with E-state index in [2.05, 4.69) is 12.1 Å². The van der Waals surface area contributed by atoms with Crippen LogP contribution in [0.2, 0.25) is 0 Å². The van der Waals surface area contributed by atoms with Crippen LogP contribution in [0.5, 0.6) is 0 Å². The lowest BCUT2D eigenvalue weighted by molar-refractivity contribution is 0.0697. The molecule has 2 aliphatic carbocycles. The molecule has 0 aromatic heterocycles. The van der Waals surface area contributed by atoms with E-state index in [1.54, 1.807) is 0 Å². The first kappa shape index (κ1) is 14.2. The van der Waals surface area contributed by atoms with Crippen LogP contribution in [0.25, 0.3) is 11.9 Å². The SMILES string of the molecule is O=C(O)c1ccc(/C(F)=C\c2ccc3c(c2)C2CCC3C2)cc1. The average Bonchev–Trinajstić information content (AvgIpc) is 3.17. The first-order valence-electron chi connectivity index (χ1n) is 7.96. The largest absolute Gasteiger partial charge is 0.478 e. The molecule has 2 nitrogen and oxygen atoms in total. The molecular weight excluding hydrogens is 291 g/mol. The molecule has 2 aromatic carbocycles. The second-order valence-electron chi connectivity index (χ2n) is 6.47. The molecule has 0 radical (unpaired) electrons. The van der Waals surface area contributed by atoms with E-state index in [0.717, 1.165) is 5.56 Å². The van der Waals surface area contributed by atoms with Crippen molar-refractivity contribution in [3.63, 3.8) is 0 Å². The van der Waals surface area contributed by atoms with Crippen molar-refractivity contribution >= 4 is 17.9 Å². The van der Waals surface area contributed by atoms with Gasteiger partial charge in [-0.2, -0.15) is 0 Å². The van der Waals surface area contributed by atoms with Crippen molar-refractivity contribution in [2.45, 2.75) is 31.1 Å². The Kier molecular flexibility index (Phi) is 3.29. The zero-order valence-corrected chi connectivity index (χ0v) is 12.6. The molecule has 1 saturated carbocycles. The molecule has 1 N–H and O–H groups in total. The Morgan fingerprint density at radius 1 is 1.00 bits per heavy atom. The third-order valence-corrected chi connectivity index (χ3v) is 5.12. The van der Waals surface area contributed by atoms with Crippen LogP contribution in [0.15, 0.2) is 42.5 Å². The van der Waals surface area contributed by atoms with E-state index < -0.39 is 5.97 Å². The van der Waals surface area contributed by atoms with Crippen LogP contribution in [0, 0.1) is 0 Å². The van der Waals surface area contributed by atoms with Crippen LogP contribution < -0.4 is 0 Å². The molecule has 4 rings (SSSR count). The Morgan fingerprint density at radius 3 is 2.35 bits per heavy atom. The average molecular weight is 308 g/mol. The maximum Gasteiger partial charge on any atom is 0.335 e. The first-order valence-corrected chi connectivity index (χ1v) is 7.96. The molecule has 2 bridgehead atoms. The fourth-order valence-electron chi connectivity index (χ4n) is 3.96. The summed E-state index contributed by atoms with van der Waals surface area (Å²) in [4.78, 5) is 10.8. The van der Waals surface area contributed by atoms with E-state index in [4.69, 9.17) is 5.11 Å². The number of hydrogen-bond acceptors (Lipinski definition) is 1. The topological polar surface area (TPSA) is 37.3 Å². The summed E-state index contributed by atoms with van der Waals surface area (Å²) in [5.41, 5.74) is 4.27. The molecule has 0 saturated heterocycles. The van der Waals surface area contributed by atoms with Crippen molar-refractivity contribution in [2.24, 2.45) is 0 Å². The van der Waals surface area contributed by atoms with Gasteiger partial charge in [0.25, 0.3) is 0 Å². The predicted octanol–water partition coefficient (Wildman–Crippen LogP) is 5.22. The van der Waals surface area contributed by atoms with E-state index in [9.17, 15) is 9.18 Å². The van der Waals surface area contributed by atoms with Gasteiger partial charge in [-0.15, -0.1) is 0 Å². The smallest absolute Gasteiger partial charge is 0.335 e. The Hall–Kier alpha value is -2.42. The van der Waals surface area contributed by atoms with E-state index in [-0.39, 0.29) is 11.4 Å². The summed E-state index contributed by atoms with van der Waals surface area (Å²) in [5.74, 6) is 0.0161. The van der Waals surface area contributed by atoms with Crippen LogP contribution in [-0.2, 0) is 0 Å². The zero-order valence-electron chi connectivity index (χ0n) is 12.6. The van der Waals surface area contributed by atoms with Crippen LogP contribution in [0.4, 0.5) is 4.39 Å². The number of halogens is 1. The van der Waals surface area contributed by atoms with Crippen molar-refractivity contribution in [1.82, 2.24) is 0 Å². The van der Waals surface area contributed by atoms with Gasteiger partial charge in [0.2, 0.25) is 0 Å². The molecule has 0 amide bonds. The fourth-order valence-corrected chi connectivity index (χ4v) is 3.96. The van der Waals surface area contributed by atoms with E-state index in [0.29, 0.717) is 17.4 Å². The van der Waals surface area contributed by atoms with E-state index >= 15 is 0 Å². The number of rotatable bonds is 3. The molecule has 116 valence electrons. The van der Waals surface area contributed by atoms with Gasteiger partial charge in [0, 0.05) is 5.56 Å². The highest BCUT2D eigenvalue weighted by Crippen LogP contribution is 2.53. The summed E-state index contributed by atoms with van der Waals surface area (Å²) < 4.78 is 14.4. The molecule has 1 fully saturated rings. The summed E-state index contributed by atoms with van der Waals surface area (Å²) in [5, 5.41) is 8.88. The lowest BCUT2D eigenvalue weighted by atomic mass is 9.90. The van der Waals surface area contributed by atoms with Gasteiger partial charge < -0.3 is 5.11 Å². The summed E-state index contributed by atoms with van der Waals surface area (Å²) >= 11 is 0. The molecule has 23 heavy (non-hydrogen) atoms. The molecule has 0 aliphatic heterocycles.